The molecule has 1 aliphatic heterocycles. The molecule has 19 heavy (non-hydrogen) atoms. The number of carbonyl (C=O) groups excluding carboxylic acids is 2. The van der Waals surface area contributed by atoms with Crippen molar-refractivity contribution in [1.82, 2.24) is 0 Å². The van der Waals surface area contributed by atoms with E-state index in [1.54, 1.807) is 12.1 Å². The Kier molecular flexibility index (Phi) is 3.38. The van der Waals surface area contributed by atoms with Crippen LogP contribution in [0.25, 0.3) is 0 Å². The molecule has 1 aromatic carbocycles. The van der Waals surface area contributed by atoms with Crippen molar-refractivity contribution in [3.8, 4) is 6.07 Å². The summed E-state index contributed by atoms with van der Waals surface area (Å²) in [5.74, 6) is -1.04. The topological polar surface area (TPSA) is 96.4 Å². The van der Waals surface area contributed by atoms with Crippen molar-refractivity contribution >= 4 is 23.3 Å². The van der Waals surface area contributed by atoms with Gasteiger partial charge in [0.2, 0.25) is 5.91 Å². The molecule has 1 unspecified atom stereocenters. The van der Waals surface area contributed by atoms with Gasteiger partial charge in [0.05, 0.1) is 36.0 Å². The Morgan fingerprint density at radius 3 is 2.89 bits per heavy atom. The molecule has 0 aliphatic carbocycles. The fraction of sp³-hybridized carbons (Fsp3) is 0.308. The summed E-state index contributed by atoms with van der Waals surface area (Å²) in [6, 6.07) is 6.69. The van der Waals surface area contributed by atoms with Gasteiger partial charge in [-0.25, -0.2) is 0 Å². The molecule has 1 amide bonds. The van der Waals surface area contributed by atoms with Crippen molar-refractivity contribution in [2.24, 2.45) is 5.92 Å². The predicted molar refractivity (Wildman–Crippen MR) is 68.0 cm³/mol. The lowest BCUT2D eigenvalue weighted by Gasteiger charge is -2.18. The number of esters is 1. The molecular weight excluding hydrogens is 246 g/mol. The molecule has 0 bridgehead atoms. The SMILES string of the molecule is COC(=O)C1CC(=O)N(c2ccc(C#N)cc2N)C1. The highest BCUT2D eigenvalue weighted by Crippen LogP contribution is 2.30. The Hall–Kier alpha value is -2.55. The molecule has 2 rings (SSSR count). The van der Waals surface area contributed by atoms with Crippen LogP contribution < -0.4 is 10.6 Å². The summed E-state index contributed by atoms with van der Waals surface area (Å²) in [5, 5.41) is 8.77. The summed E-state index contributed by atoms with van der Waals surface area (Å²) in [5.41, 5.74) is 7.13. The first-order valence-electron chi connectivity index (χ1n) is 5.74. The molecule has 1 heterocycles. The van der Waals surface area contributed by atoms with Gasteiger partial charge in [0.15, 0.2) is 0 Å². The molecule has 6 nitrogen and oxygen atoms in total. The second-order valence-electron chi connectivity index (χ2n) is 4.31. The first-order valence-corrected chi connectivity index (χ1v) is 5.74. The Labute approximate surface area is 110 Å². The number of carbonyl (C=O) groups is 2. The Balaban J connectivity index is 2.26. The van der Waals surface area contributed by atoms with Gasteiger partial charge in [-0.15, -0.1) is 0 Å². The smallest absolute Gasteiger partial charge is 0.311 e. The first-order chi connectivity index (χ1) is 9.06. The Bertz CT molecular complexity index is 577. The van der Waals surface area contributed by atoms with Gasteiger partial charge in [-0.1, -0.05) is 0 Å². The van der Waals surface area contributed by atoms with Crippen LogP contribution in [0.1, 0.15) is 12.0 Å². The quantitative estimate of drug-likeness (QED) is 0.621. The van der Waals surface area contributed by atoms with E-state index in [1.807, 2.05) is 6.07 Å². The zero-order valence-electron chi connectivity index (χ0n) is 10.4. The van der Waals surface area contributed by atoms with E-state index in [-0.39, 0.29) is 18.9 Å². The van der Waals surface area contributed by atoms with Crippen LogP contribution in [0.3, 0.4) is 0 Å². The maximum Gasteiger partial charge on any atom is 0.311 e. The summed E-state index contributed by atoms with van der Waals surface area (Å²) in [7, 11) is 1.30. The van der Waals surface area contributed by atoms with Crippen molar-refractivity contribution in [3.63, 3.8) is 0 Å². The summed E-state index contributed by atoms with van der Waals surface area (Å²) in [6.07, 6.45) is 0.117. The van der Waals surface area contributed by atoms with E-state index in [9.17, 15) is 9.59 Å². The number of nitrogens with zero attached hydrogens (tertiary/aromatic N) is 2. The highest BCUT2D eigenvalue weighted by atomic mass is 16.5. The molecule has 2 N–H and O–H groups in total. The normalized spacial score (nSPS) is 18.2. The van der Waals surface area contributed by atoms with Crippen LogP contribution in [-0.4, -0.2) is 25.5 Å². The van der Waals surface area contributed by atoms with E-state index in [2.05, 4.69) is 4.74 Å². The molecule has 1 aromatic rings. The van der Waals surface area contributed by atoms with E-state index in [0.717, 1.165) is 0 Å². The summed E-state index contributed by atoms with van der Waals surface area (Å²) in [4.78, 5) is 24.8. The van der Waals surface area contributed by atoms with Gasteiger partial charge >= 0.3 is 5.97 Å². The first kappa shape index (κ1) is 12.9. The van der Waals surface area contributed by atoms with Crippen LogP contribution >= 0.6 is 0 Å². The third-order valence-corrected chi connectivity index (χ3v) is 3.11. The second-order valence-corrected chi connectivity index (χ2v) is 4.31. The maximum atomic E-state index is 11.9. The van der Waals surface area contributed by atoms with Gasteiger partial charge in [0, 0.05) is 13.0 Å². The number of nitrogens with two attached hydrogens (primary N) is 1. The maximum absolute atomic E-state index is 11.9. The van der Waals surface area contributed by atoms with Crippen molar-refractivity contribution in [3.05, 3.63) is 23.8 Å². The van der Waals surface area contributed by atoms with Gasteiger partial charge in [-0.2, -0.15) is 5.26 Å². The Morgan fingerprint density at radius 1 is 1.58 bits per heavy atom. The molecule has 0 spiro atoms. The fourth-order valence-electron chi connectivity index (χ4n) is 2.13. The number of benzene rings is 1. The van der Waals surface area contributed by atoms with E-state index < -0.39 is 11.9 Å². The average molecular weight is 259 g/mol. The molecule has 0 saturated carbocycles. The van der Waals surface area contributed by atoms with Gasteiger partial charge < -0.3 is 15.4 Å². The predicted octanol–water partition coefficient (Wildman–Crippen LogP) is 0.666. The molecule has 0 radical (unpaired) electrons. The van der Waals surface area contributed by atoms with Crippen LogP contribution in [0, 0.1) is 17.2 Å². The van der Waals surface area contributed by atoms with Crippen LogP contribution in [0.2, 0.25) is 0 Å². The van der Waals surface area contributed by atoms with Crippen LogP contribution in [-0.2, 0) is 14.3 Å². The molecular formula is C13H13N3O3. The molecule has 1 atom stereocenters. The number of hydrogen-bond donors (Lipinski definition) is 1. The van der Waals surface area contributed by atoms with E-state index in [4.69, 9.17) is 11.0 Å². The summed E-state index contributed by atoms with van der Waals surface area (Å²) < 4.78 is 4.64. The highest BCUT2D eigenvalue weighted by Gasteiger charge is 2.36. The number of anilines is 2. The number of methoxy groups -OCH3 is 1. The van der Waals surface area contributed by atoms with Crippen molar-refractivity contribution in [2.45, 2.75) is 6.42 Å². The molecule has 1 aliphatic rings. The molecule has 1 fully saturated rings. The van der Waals surface area contributed by atoms with E-state index >= 15 is 0 Å². The minimum absolute atomic E-state index is 0.117. The lowest BCUT2D eigenvalue weighted by Crippen LogP contribution is -2.27. The molecule has 0 aromatic heterocycles. The zero-order valence-corrected chi connectivity index (χ0v) is 10.4. The third kappa shape index (κ3) is 2.36. The number of amides is 1. The van der Waals surface area contributed by atoms with E-state index in [0.29, 0.717) is 16.9 Å². The lowest BCUT2D eigenvalue weighted by molar-refractivity contribution is -0.145. The van der Waals surface area contributed by atoms with Crippen LogP contribution in [0.5, 0.6) is 0 Å². The number of hydrogen-bond acceptors (Lipinski definition) is 5. The lowest BCUT2D eigenvalue weighted by atomic mass is 10.1. The Morgan fingerprint density at radius 2 is 2.32 bits per heavy atom. The number of rotatable bonds is 2. The van der Waals surface area contributed by atoms with Crippen LogP contribution in [0.15, 0.2) is 18.2 Å². The zero-order chi connectivity index (χ0) is 14.0. The van der Waals surface area contributed by atoms with Gasteiger partial charge in [0.25, 0.3) is 0 Å². The third-order valence-electron chi connectivity index (χ3n) is 3.11. The van der Waals surface area contributed by atoms with Gasteiger partial charge in [0.1, 0.15) is 0 Å². The number of nitriles is 1. The van der Waals surface area contributed by atoms with Crippen molar-refractivity contribution in [1.29, 1.82) is 5.26 Å². The highest BCUT2D eigenvalue weighted by molar-refractivity contribution is 6.01. The largest absolute Gasteiger partial charge is 0.469 e. The van der Waals surface area contributed by atoms with Gasteiger partial charge in [-0.05, 0) is 18.2 Å². The molecule has 98 valence electrons. The molecule has 1 saturated heterocycles. The second kappa shape index (κ2) is 4.98. The van der Waals surface area contributed by atoms with E-state index in [1.165, 1.54) is 18.1 Å². The van der Waals surface area contributed by atoms with Crippen molar-refractivity contribution in [2.75, 3.05) is 24.3 Å². The molecule has 6 heteroatoms. The summed E-state index contributed by atoms with van der Waals surface area (Å²) in [6.45, 7) is 0.252. The average Bonchev–Trinajstić information content (AvgIpc) is 2.79. The minimum atomic E-state index is -0.465. The van der Waals surface area contributed by atoms with Crippen LogP contribution in [0.4, 0.5) is 11.4 Å². The monoisotopic (exact) mass is 259 g/mol. The fourth-order valence-corrected chi connectivity index (χ4v) is 2.13. The van der Waals surface area contributed by atoms with Gasteiger partial charge in [-0.3, -0.25) is 9.59 Å². The standard InChI is InChI=1S/C13H13N3O3/c1-19-13(18)9-5-12(17)16(7-9)11-3-2-8(6-14)4-10(11)15/h2-4,9H,5,7,15H2,1H3. The number of nitrogen functional groups attached to an aromatic ring is 1. The minimum Gasteiger partial charge on any atom is -0.469 e. The number of ether oxygens (including phenoxy) is 1. The van der Waals surface area contributed by atoms with Crippen molar-refractivity contribution < 1.29 is 14.3 Å². The summed E-state index contributed by atoms with van der Waals surface area (Å²) >= 11 is 0.